The summed E-state index contributed by atoms with van der Waals surface area (Å²) in [6, 6.07) is 11.8. The Morgan fingerprint density at radius 3 is 1.75 bits per heavy atom. The SMILES string of the molecule is CCOc1cccc2sc(NC(=S)Nc3nc4c(OCC)cccc4s3)nc12. The number of benzene rings is 2. The molecule has 9 heteroatoms. The summed E-state index contributed by atoms with van der Waals surface area (Å²) in [4.78, 5) is 9.22. The number of fused-ring (bicyclic) bond motifs is 2. The van der Waals surface area contributed by atoms with E-state index in [1.807, 2.05) is 50.2 Å². The first-order valence-electron chi connectivity index (χ1n) is 8.80. The highest BCUT2D eigenvalue weighted by Gasteiger charge is 2.12. The van der Waals surface area contributed by atoms with Gasteiger partial charge in [-0.05, 0) is 50.3 Å². The van der Waals surface area contributed by atoms with Crippen LogP contribution in [0, 0.1) is 0 Å². The van der Waals surface area contributed by atoms with Crippen molar-refractivity contribution in [1.29, 1.82) is 0 Å². The molecule has 0 saturated heterocycles. The van der Waals surface area contributed by atoms with Gasteiger partial charge in [0.05, 0.1) is 22.6 Å². The summed E-state index contributed by atoms with van der Waals surface area (Å²) in [7, 11) is 0. The third-order valence-electron chi connectivity index (χ3n) is 3.80. The van der Waals surface area contributed by atoms with E-state index in [2.05, 4.69) is 20.6 Å². The fourth-order valence-corrected chi connectivity index (χ4v) is 4.82. The van der Waals surface area contributed by atoms with E-state index in [-0.39, 0.29) is 0 Å². The van der Waals surface area contributed by atoms with E-state index in [4.69, 9.17) is 21.7 Å². The molecule has 2 heterocycles. The maximum Gasteiger partial charge on any atom is 0.190 e. The number of ether oxygens (including phenoxy) is 2. The average molecular weight is 431 g/mol. The molecule has 0 bridgehead atoms. The number of nitrogens with zero attached hydrogens (tertiary/aromatic N) is 2. The topological polar surface area (TPSA) is 68.3 Å². The van der Waals surface area contributed by atoms with E-state index >= 15 is 0 Å². The molecule has 2 aromatic heterocycles. The predicted octanol–water partition coefficient (Wildman–Crippen LogP) is 5.51. The molecule has 4 rings (SSSR count). The molecule has 28 heavy (non-hydrogen) atoms. The van der Waals surface area contributed by atoms with Gasteiger partial charge in [0.25, 0.3) is 0 Å². The van der Waals surface area contributed by atoms with E-state index in [1.165, 1.54) is 22.7 Å². The van der Waals surface area contributed by atoms with Crippen LogP contribution in [0.25, 0.3) is 20.4 Å². The van der Waals surface area contributed by atoms with Crippen LogP contribution in [0.2, 0.25) is 0 Å². The van der Waals surface area contributed by atoms with Crippen molar-refractivity contribution in [2.75, 3.05) is 23.8 Å². The lowest BCUT2D eigenvalue weighted by atomic mass is 10.3. The van der Waals surface area contributed by atoms with Crippen molar-refractivity contribution in [3.8, 4) is 11.5 Å². The Morgan fingerprint density at radius 2 is 1.32 bits per heavy atom. The summed E-state index contributed by atoms with van der Waals surface area (Å²) < 4.78 is 13.4. The molecule has 2 aromatic carbocycles. The lowest BCUT2D eigenvalue weighted by Gasteiger charge is -2.05. The van der Waals surface area contributed by atoms with E-state index in [1.54, 1.807) is 0 Å². The number of aromatic nitrogens is 2. The first-order valence-corrected chi connectivity index (χ1v) is 10.8. The first kappa shape index (κ1) is 18.9. The minimum absolute atomic E-state index is 0.439. The van der Waals surface area contributed by atoms with Crippen molar-refractivity contribution in [2.24, 2.45) is 0 Å². The van der Waals surface area contributed by atoms with Crippen molar-refractivity contribution in [2.45, 2.75) is 13.8 Å². The molecular formula is C19H18N4O2S3. The second-order valence-electron chi connectivity index (χ2n) is 5.69. The molecule has 0 aliphatic carbocycles. The van der Waals surface area contributed by atoms with E-state index < -0.39 is 0 Å². The fraction of sp³-hybridized carbons (Fsp3) is 0.211. The summed E-state index contributed by atoms with van der Waals surface area (Å²) in [6.07, 6.45) is 0. The smallest absolute Gasteiger partial charge is 0.190 e. The second kappa shape index (κ2) is 8.26. The molecule has 0 amide bonds. The van der Waals surface area contributed by atoms with Gasteiger partial charge in [0.1, 0.15) is 22.5 Å². The maximum atomic E-state index is 5.65. The molecule has 0 spiro atoms. The van der Waals surface area contributed by atoms with Crippen LogP contribution in [-0.2, 0) is 0 Å². The van der Waals surface area contributed by atoms with Crippen LogP contribution in [0.3, 0.4) is 0 Å². The van der Waals surface area contributed by atoms with Crippen LogP contribution < -0.4 is 20.1 Å². The molecule has 0 fully saturated rings. The highest BCUT2D eigenvalue weighted by molar-refractivity contribution is 7.80. The fourth-order valence-electron chi connectivity index (χ4n) is 2.72. The molecule has 0 atom stereocenters. The molecular weight excluding hydrogens is 412 g/mol. The largest absolute Gasteiger partial charge is 0.492 e. The monoisotopic (exact) mass is 430 g/mol. The van der Waals surface area contributed by atoms with Crippen LogP contribution in [0.1, 0.15) is 13.8 Å². The quantitative estimate of drug-likeness (QED) is 0.391. The van der Waals surface area contributed by atoms with Gasteiger partial charge in [-0.25, -0.2) is 9.97 Å². The third kappa shape index (κ3) is 3.87. The van der Waals surface area contributed by atoms with Gasteiger partial charge < -0.3 is 20.1 Å². The highest BCUT2D eigenvalue weighted by Crippen LogP contribution is 2.34. The Bertz CT molecular complexity index is 1050. The number of nitrogens with one attached hydrogen (secondary N) is 2. The lowest BCUT2D eigenvalue weighted by molar-refractivity contribution is 0.343. The molecule has 144 valence electrons. The lowest BCUT2D eigenvalue weighted by Crippen LogP contribution is -2.18. The maximum absolute atomic E-state index is 5.65. The van der Waals surface area contributed by atoms with Crippen LogP contribution in [0.4, 0.5) is 10.3 Å². The standard InChI is InChI=1S/C19H18N4O2S3/c1-3-24-11-7-5-9-13-15(11)20-18(27-13)22-17(26)23-19-21-16-12(25-4-2)8-6-10-14(16)28-19/h5-10H,3-4H2,1-2H3,(H2,20,21,22,23,26). The number of thiocarbonyl (C=S) groups is 1. The predicted molar refractivity (Wildman–Crippen MR) is 121 cm³/mol. The van der Waals surface area contributed by atoms with E-state index in [0.717, 1.165) is 31.9 Å². The summed E-state index contributed by atoms with van der Waals surface area (Å²) in [5.41, 5.74) is 1.67. The van der Waals surface area contributed by atoms with Gasteiger partial charge in [-0.2, -0.15) is 0 Å². The molecule has 0 unspecified atom stereocenters. The molecule has 2 N–H and O–H groups in total. The van der Waals surface area contributed by atoms with Crippen molar-refractivity contribution in [3.05, 3.63) is 36.4 Å². The first-order chi connectivity index (χ1) is 13.7. The van der Waals surface area contributed by atoms with Crippen molar-refractivity contribution in [1.82, 2.24) is 9.97 Å². The van der Waals surface area contributed by atoms with Crippen molar-refractivity contribution in [3.63, 3.8) is 0 Å². The highest BCUT2D eigenvalue weighted by atomic mass is 32.1. The Morgan fingerprint density at radius 1 is 0.857 bits per heavy atom. The van der Waals surface area contributed by atoms with Gasteiger partial charge in [0.2, 0.25) is 0 Å². The Hall–Kier alpha value is -2.49. The van der Waals surface area contributed by atoms with Crippen LogP contribution in [0.15, 0.2) is 36.4 Å². The number of thiazole rings is 2. The van der Waals surface area contributed by atoms with E-state index in [0.29, 0.717) is 28.6 Å². The number of rotatable bonds is 6. The molecule has 4 aromatic rings. The van der Waals surface area contributed by atoms with Crippen LogP contribution in [0.5, 0.6) is 11.5 Å². The number of anilines is 2. The normalized spacial score (nSPS) is 10.9. The zero-order chi connectivity index (χ0) is 19.5. The van der Waals surface area contributed by atoms with Crippen LogP contribution in [-0.4, -0.2) is 28.3 Å². The third-order valence-corrected chi connectivity index (χ3v) is 5.88. The summed E-state index contributed by atoms with van der Waals surface area (Å²) in [6.45, 7) is 5.11. The van der Waals surface area contributed by atoms with Gasteiger partial charge in [-0.15, -0.1) is 0 Å². The Labute approximate surface area is 175 Å². The number of hydrogen-bond acceptors (Lipinski definition) is 7. The van der Waals surface area contributed by atoms with Crippen molar-refractivity contribution >= 4 is 70.7 Å². The van der Waals surface area contributed by atoms with Gasteiger partial charge in [-0.3, -0.25) is 0 Å². The van der Waals surface area contributed by atoms with E-state index in [9.17, 15) is 0 Å². The van der Waals surface area contributed by atoms with Gasteiger partial charge in [-0.1, -0.05) is 34.8 Å². The molecule has 0 aliphatic rings. The van der Waals surface area contributed by atoms with Gasteiger partial charge in [0.15, 0.2) is 15.4 Å². The zero-order valence-electron chi connectivity index (χ0n) is 15.3. The van der Waals surface area contributed by atoms with Crippen LogP contribution >= 0.6 is 34.9 Å². The average Bonchev–Trinajstić information content (AvgIpc) is 3.26. The zero-order valence-corrected chi connectivity index (χ0v) is 17.8. The number of hydrogen-bond donors (Lipinski definition) is 2. The molecule has 0 radical (unpaired) electrons. The summed E-state index contributed by atoms with van der Waals surface area (Å²) >= 11 is 8.49. The molecule has 6 nitrogen and oxygen atoms in total. The molecule has 0 aliphatic heterocycles. The summed E-state index contributed by atoms with van der Waals surface area (Å²) in [5.74, 6) is 1.55. The van der Waals surface area contributed by atoms with Crippen molar-refractivity contribution < 1.29 is 9.47 Å². The number of para-hydroxylation sites is 2. The summed E-state index contributed by atoms with van der Waals surface area (Å²) in [5, 5.41) is 8.13. The van der Waals surface area contributed by atoms with Gasteiger partial charge in [0, 0.05) is 0 Å². The Balaban J connectivity index is 1.51. The Kier molecular flexibility index (Phi) is 5.56. The minimum atomic E-state index is 0.439. The van der Waals surface area contributed by atoms with Gasteiger partial charge >= 0.3 is 0 Å². The minimum Gasteiger partial charge on any atom is -0.492 e. The second-order valence-corrected chi connectivity index (χ2v) is 8.16. The molecule has 0 saturated carbocycles.